The van der Waals surface area contributed by atoms with Gasteiger partial charge in [-0.05, 0) is 24.3 Å². The number of nitrogen functional groups attached to an aromatic ring is 1. The third-order valence-electron chi connectivity index (χ3n) is 2.13. The quantitative estimate of drug-likeness (QED) is 0.747. The molecular weight excluding hydrogens is 181 g/mol. The van der Waals surface area contributed by atoms with Gasteiger partial charge >= 0.3 is 0 Å². The van der Waals surface area contributed by atoms with Gasteiger partial charge in [-0.25, -0.2) is 9.37 Å². The van der Waals surface area contributed by atoms with E-state index in [1.165, 1.54) is 12.1 Å². The van der Waals surface area contributed by atoms with Gasteiger partial charge < -0.3 is 10.3 Å². The van der Waals surface area contributed by atoms with Crippen molar-refractivity contribution in [3.8, 4) is 11.4 Å². The first kappa shape index (κ1) is 8.74. The Morgan fingerprint density at radius 2 is 1.93 bits per heavy atom. The lowest BCUT2D eigenvalue weighted by Gasteiger charge is -2.02. The molecule has 0 atom stereocenters. The highest BCUT2D eigenvalue weighted by Gasteiger charge is 2.05. The van der Waals surface area contributed by atoms with Crippen LogP contribution in [-0.4, -0.2) is 9.55 Å². The van der Waals surface area contributed by atoms with E-state index < -0.39 is 0 Å². The number of halogens is 1. The van der Waals surface area contributed by atoms with E-state index in [1.807, 2.05) is 7.05 Å². The van der Waals surface area contributed by atoms with Crippen LogP contribution in [0.3, 0.4) is 0 Å². The number of imidazole rings is 1. The molecule has 0 fully saturated rings. The van der Waals surface area contributed by atoms with Crippen molar-refractivity contribution in [1.82, 2.24) is 9.55 Å². The van der Waals surface area contributed by atoms with E-state index in [4.69, 9.17) is 5.73 Å². The Bertz CT molecular complexity index is 445. The lowest BCUT2D eigenvalue weighted by atomic mass is 10.2. The van der Waals surface area contributed by atoms with E-state index in [1.54, 1.807) is 22.9 Å². The van der Waals surface area contributed by atoms with Gasteiger partial charge in [-0.3, -0.25) is 0 Å². The maximum Gasteiger partial charge on any atom is 0.141 e. The van der Waals surface area contributed by atoms with E-state index in [0.717, 1.165) is 11.4 Å². The van der Waals surface area contributed by atoms with Crippen LogP contribution < -0.4 is 5.73 Å². The largest absolute Gasteiger partial charge is 0.384 e. The minimum atomic E-state index is -0.254. The van der Waals surface area contributed by atoms with E-state index in [-0.39, 0.29) is 5.82 Å². The summed E-state index contributed by atoms with van der Waals surface area (Å²) in [5.74, 6) is 1.07. The molecule has 0 radical (unpaired) electrons. The predicted octanol–water partition coefficient (Wildman–Crippen LogP) is 1.81. The molecule has 0 amide bonds. The van der Waals surface area contributed by atoms with Gasteiger partial charge in [0.05, 0.1) is 6.20 Å². The van der Waals surface area contributed by atoms with E-state index in [2.05, 4.69) is 4.98 Å². The smallest absolute Gasteiger partial charge is 0.141 e. The zero-order valence-corrected chi connectivity index (χ0v) is 7.74. The number of hydrogen-bond acceptors (Lipinski definition) is 2. The number of hydrogen-bond donors (Lipinski definition) is 1. The van der Waals surface area contributed by atoms with Crippen molar-refractivity contribution in [3.63, 3.8) is 0 Å². The summed E-state index contributed by atoms with van der Waals surface area (Å²) in [7, 11) is 1.82. The van der Waals surface area contributed by atoms with Crippen LogP contribution in [-0.2, 0) is 7.05 Å². The van der Waals surface area contributed by atoms with E-state index in [0.29, 0.717) is 5.82 Å². The molecule has 0 spiro atoms. The molecule has 3 nitrogen and oxygen atoms in total. The molecule has 1 aromatic heterocycles. The van der Waals surface area contributed by atoms with Gasteiger partial charge in [-0.2, -0.15) is 0 Å². The van der Waals surface area contributed by atoms with Crippen LogP contribution in [0.25, 0.3) is 11.4 Å². The fourth-order valence-corrected chi connectivity index (χ4v) is 1.29. The Balaban J connectivity index is 2.49. The first-order valence-electron chi connectivity index (χ1n) is 4.21. The highest BCUT2D eigenvalue weighted by molar-refractivity contribution is 5.58. The molecule has 14 heavy (non-hydrogen) atoms. The van der Waals surface area contributed by atoms with E-state index in [9.17, 15) is 4.39 Å². The first-order chi connectivity index (χ1) is 6.68. The summed E-state index contributed by atoms with van der Waals surface area (Å²) >= 11 is 0. The standard InChI is InChI=1S/C10H10FN3/c1-14-9(12)6-13-10(14)7-2-4-8(11)5-3-7/h2-6H,12H2,1H3. The monoisotopic (exact) mass is 191 g/mol. The molecule has 1 heterocycles. The van der Waals surface area contributed by atoms with Crippen molar-refractivity contribution < 1.29 is 4.39 Å². The Morgan fingerprint density at radius 1 is 1.29 bits per heavy atom. The number of benzene rings is 1. The van der Waals surface area contributed by atoms with E-state index >= 15 is 0 Å². The highest BCUT2D eigenvalue weighted by Crippen LogP contribution is 2.19. The molecule has 0 aliphatic rings. The van der Waals surface area contributed by atoms with Gasteiger partial charge in [0.25, 0.3) is 0 Å². The van der Waals surface area contributed by atoms with Gasteiger partial charge in [-0.15, -0.1) is 0 Å². The maximum absolute atomic E-state index is 12.7. The zero-order valence-electron chi connectivity index (χ0n) is 7.74. The van der Waals surface area contributed by atoms with Crippen molar-refractivity contribution in [2.24, 2.45) is 7.05 Å². The number of nitrogens with zero attached hydrogens (tertiary/aromatic N) is 2. The van der Waals surface area contributed by atoms with Gasteiger partial charge in [-0.1, -0.05) is 0 Å². The normalized spacial score (nSPS) is 10.4. The molecule has 72 valence electrons. The summed E-state index contributed by atoms with van der Waals surface area (Å²) in [5.41, 5.74) is 6.49. The summed E-state index contributed by atoms with van der Waals surface area (Å²) in [6.45, 7) is 0. The molecular formula is C10H10FN3. The van der Waals surface area contributed by atoms with Gasteiger partial charge in [0.1, 0.15) is 17.5 Å². The summed E-state index contributed by atoms with van der Waals surface area (Å²) in [6.07, 6.45) is 1.58. The third kappa shape index (κ3) is 1.35. The SMILES string of the molecule is Cn1c(N)cnc1-c1ccc(F)cc1. The van der Waals surface area contributed by atoms with Gasteiger partial charge in [0, 0.05) is 12.6 Å². The Hall–Kier alpha value is -1.84. The molecule has 0 unspecified atom stereocenters. The molecule has 0 aliphatic carbocycles. The predicted molar refractivity (Wildman–Crippen MR) is 53.0 cm³/mol. The molecule has 2 aromatic rings. The first-order valence-corrected chi connectivity index (χ1v) is 4.21. The minimum absolute atomic E-state index is 0.254. The number of nitrogens with two attached hydrogens (primary N) is 1. The lowest BCUT2D eigenvalue weighted by Crippen LogP contribution is -1.97. The van der Waals surface area contributed by atoms with Crippen LogP contribution in [0.5, 0.6) is 0 Å². The summed E-state index contributed by atoms with van der Waals surface area (Å²) in [4.78, 5) is 4.13. The molecule has 1 aromatic carbocycles. The van der Waals surface area contributed by atoms with Crippen LogP contribution in [0.4, 0.5) is 10.2 Å². The number of anilines is 1. The van der Waals surface area contributed by atoms with Crippen molar-refractivity contribution >= 4 is 5.82 Å². The van der Waals surface area contributed by atoms with Crippen molar-refractivity contribution in [2.75, 3.05) is 5.73 Å². The molecule has 0 bridgehead atoms. The van der Waals surface area contributed by atoms with Crippen LogP contribution in [0.2, 0.25) is 0 Å². The van der Waals surface area contributed by atoms with Crippen molar-refractivity contribution in [1.29, 1.82) is 0 Å². The second kappa shape index (κ2) is 3.14. The van der Waals surface area contributed by atoms with Gasteiger partial charge in [0.15, 0.2) is 0 Å². The number of rotatable bonds is 1. The summed E-state index contributed by atoms with van der Waals surface area (Å²) in [6, 6.07) is 6.16. The van der Waals surface area contributed by atoms with Crippen LogP contribution >= 0.6 is 0 Å². The molecule has 2 N–H and O–H groups in total. The molecule has 2 rings (SSSR count). The summed E-state index contributed by atoms with van der Waals surface area (Å²) in [5, 5.41) is 0. The van der Waals surface area contributed by atoms with Crippen LogP contribution in [0.1, 0.15) is 0 Å². The highest BCUT2D eigenvalue weighted by atomic mass is 19.1. The molecule has 0 saturated carbocycles. The van der Waals surface area contributed by atoms with Crippen molar-refractivity contribution in [2.45, 2.75) is 0 Å². The lowest BCUT2D eigenvalue weighted by molar-refractivity contribution is 0.628. The minimum Gasteiger partial charge on any atom is -0.384 e. The van der Waals surface area contributed by atoms with Crippen LogP contribution in [0, 0.1) is 5.82 Å². The second-order valence-electron chi connectivity index (χ2n) is 3.07. The molecule has 0 saturated heterocycles. The van der Waals surface area contributed by atoms with Crippen molar-refractivity contribution in [3.05, 3.63) is 36.3 Å². The average Bonchev–Trinajstić information content (AvgIpc) is 2.50. The molecule has 0 aliphatic heterocycles. The maximum atomic E-state index is 12.7. The third-order valence-corrected chi connectivity index (χ3v) is 2.13. The number of aromatic nitrogens is 2. The van der Waals surface area contributed by atoms with Gasteiger partial charge in [0.2, 0.25) is 0 Å². The second-order valence-corrected chi connectivity index (χ2v) is 3.07. The Kier molecular flexibility index (Phi) is 1.96. The fourth-order valence-electron chi connectivity index (χ4n) is 1.29. The Morgan fingerprint density at radius 3 is 2.43 bits per heavy atom. The molecule has 4 heteroatoms. The fraction of sp³-hybridized carbons (Fsp3) is 0.100. The Labute approximate surface area is 81.0 Å². The average molecular weight is 191 g/mol. The van der Waals surface area contributed by atoms with Crippen LogP contribution in [0.15, 0.2) is 30.5 Å². The topological polar surface area (TPSA) is 43.8 Å². The zero-order chi connectivity index (χ0) is 10.1. The summed E-state index contributed by atoms with van der Waals surface area (Å²) < 4.78 is 14.4.